The van der Waals surface area contributed by atoms with Crippen LogP contribution in [0.25, 0.3) is 0 Å². The van der Waals surface area contributed by atoms with Gasteiger partial charge in [-0.25, -0.2) is 0 Å². The van der Waals surface area contributed by atoms with Crippen molar-refractivity contribution in [2.45, 2.75) is 57.5 Å². The minimum atomic E-state index is -0.433. The summed E-state index contributed by atoms with van der Waals surface area (Å²) in [4.78, 5) is 25.8. The molecule has 2 fully saturated rings. The predicted octanol–water partition coefficient (Wildman–Crippen LogP) is 0.631. The van der Waals surface area contributed by atoms with E-state index in [4.69, 9.17) is 5.73 Å². The number of hydrogen-bond donors (Lipinski definition) is 2. The first kappa shape index (κ1) is 14.3. The lowest BCUT2D eigenvalue weighted by Crippen LogP contribution is -2.49. The second-order valence-corrected chi connectivity index (χ2v) is 5.88. The third kappa shape index (κ3) is 4.20. The van der Waals surface area contributed by atoms with Gasteiger partial charge in [-0.3, -0.25) is 9.59 Å². The summed E-state index contributed by atoms with van der Waals surface area (Å²) >= 11 is 0. The lowest BCUT2D eigenvalue weighted by atomic mass is 10.1. The molecule has 0 radical (unpaired) electrons. The Balaban J connectivity index is 1.73. The minimum absolute atomic E-state index is 0.0352. The van der Waals surface area contributed by atoms with Gasteiger partial charge in [-0.15, -0.1) is 0 Å². The average Bonchev–Trinajstić information content (AvgIpc) is 3.22. The molecule has 1 aliphatic carbocycles. The van der Waals surface area contributed by atoms with Crippen LogP contribution in [0.5, 0.6) is 0 Å². The Morgan fingerprint density at radius 1 is 1.26 bits per heavy atom. The van der Waals surface area contributed by atoms with E-state index in [2.05, 4.69) is 5.32 Å². The summed E-state index contributed by atoms with van der Waals surface area (Å²) in [5, 5.41) is 2.78. The monoisotopic (exact) mass is 267 g/mol. The SMILES string of the molecule is CC(NC(=O)CC(N)C1CC1)C(=O)N1CCCCC1. The molecule has 5 nitrogen and oxygen atoms in total. The van der Waals surface area contributed by atoms with Crippen LogP contribution in [0, 0.1) is 5.92 Å². The van der Waals surface area contributed by atoms with Gasteiger partial charge < -0.3 is 16.0 Å². The lowest BCUT2D eigenvalue weighted by Gasteiger charge is -2.29. The molecule has 1 heterocycles. The molecule has 2 atom stereocenters. The van der Waals surface area contributed by atoms with E-state index in [1.165, 1.54) is 6.42 Å². The van der Waals surface area contributed by atoms with E-state index in [-0.39, 0.29) is 17.9 Å². The molecule has 5 heteroatoms. The Kier molecular flexibility index (Phi) is 4.80. The molecule has 2 aliphatic rings. The van der Waals surface area contributed by atoms with E-state index >= 15 is 0 Å². The second kappa shape index (κ2) is 6.37. The second-order valence-electron chi connectivity index (χ2n) is 5.88. The van der Waals surface area contributed by atoms with E-state index in [1.807, 2.05) is 4.90 Å². The average molecular weight is 267 g/mol. The first-order chi connectivity index (χ1) is 9.08. The molecule has 108 valence electrons. The molecular formula is C14H25N3O2. The third-order valence-electron chi connectivity index (χ3n) is 4.06. The number of nitrogens with two attached hydrogens (primary N) is 1. The molecule has 3 N–H and O–H groups in total. The van der Waals surface area contributed by atoms with Crippen molar-refractivity contribution in [2.24, 2.45) is 11.7 Å². The summed E-state index contributed by atoms with van der Waals surface area (Å²) in [6, 6.07) is -0.478. The number of rotatable bonds is 5. The fourth-order valence-electron chi connectivity index (χ4n) is 2.66. The normalized spacial score (nSPS) is 22.7. The van der Waals surface area contributed by atoms with Crippen LogP contribution in [0.2, 0.25) is 0 Å². The van der Waals surface area contributed by atoms with Crippen molar-refractivity contribution in [3.05, 3.63) is 0 Å². The van der Waals surface area contributed by atoms with E-state index in [9.17, 15) is 9.59 Å². The van der Waals surface area contributed by atoms with Gasteiger partial charge in [0.05, 0.1) is 0 Å². The Hall–Kier alpha value is -1.10. The van der Waals surface area contributed by atoms with Crippen LogP contribution < -0.4 is 11.1 Å². The largest absolute Gasteiger partial charge is 0.345 e. The molecule has 1 saturated carbocycles. The van der Waals surface area contributed by atoms with Crippen LogP contribution in [0.1, 0.15) is 45.4 Å². The topological polar surface area (TPSA) is 75.4 Å². The summed E-state index contributed by atoms with van der Waals surface area (Å²) in [6.07, 6.45) is 5.94. The lowest BCUT2D eigenvalue weighted by molar-refractivity contribution is -0.136. The van der Waals surface area contributed by atoms with E-state index in [0.29, 0.717) is 12.3 Å². The Morgan fingerprint density at radius 3 is 2.47 bits per heavy atom. The van der Waals surface area contributed by atoms with Crippen molar-refractivity contribution in [1.82, 2.24) is 10.2 Å². The zero-order valence-electron chi connectivity index (χ0n) is 11.7. The number of nitrogens with one attached hydrogen (secondary N) is 1. The van der Waals surface area contributed by atoms with Crippen LogP contribution in [0.3, 0.4) is 0 Å². The van der Waals surface area contributed by atoms with Crippen molar-refractivity contribution in [3.63, 3.8) is 0 Å². The minimum Gasteiger partial charge on any atom is -0.345 e. The van der Waals surface area contributed by atoms with Crippen molar-refractivity contribution < 1.29 is 9.59 Å². The van der Waals surface area contributed by atoms with Crippen molar-refractivity contribution >= 4 is 11.8 Å². The predicted molar refractivity (Wildman–Crippen MR) is 73.4 cm³/mol. The maximum Gasteiger partial charge on any atom is 0.244 e. The first-order valence-electron chi connectivity index (χ1n) is 7.41. The number of amides is 2. The van der Waals surface area contributed by atoms with Crippen molar-refractivity contribution in [3.8, 4) is 0 Å². The van der Waals surface area contributed by atoms with Gasteiger partial charge in [0, 0.05) is 25.6 Å². The molecule has 1 saturated heterocycles. The Morgan fingerprint density at radius 2 is 1.89 bits per heavy atom. The standard InChI is InChI=1S/C14H25N3O2/c1-10(14(19)17-7-3-2-4-8-17)16-13(18)9-12(15)11-5-6-11/h10-12H,2-9,15H2,1H3,(H,16,18). The van der Waals surface area contributed by atoms with Gasteiger partial charge in [-0.1, -0.05) is 0 Å². The summed E-state index contributed by atoms with van der Waals surface area (Å²) in [6.45, 7) is 3.40. The smallest absolute Gasteiger partial charge is 0.244 e. The van der Waals surface area contributed by atoms with Crippen LogP contribution in [0.4, 0.5) is 0 Å². The van der Waals surface area contributed by atoms with Crippen molar-refractivity contribution in [2.75, 3.05) is 13.1 Å². The molecule has 19 heavy (non-hydrogen) atoms. The van der Waals surface area contributed by atoms with Gasteiger partial charge in [0.25, 0.3) is 0 Å². The zero-order valence-corrected chi connectivity index (χ0v) is 11.7. The van der Waals surface area contributed by atoms with Gasteiger partial charge in [0.2, 0.25) is 11.8 Å². The first-order valence-corrected chi connectivity index (χ1v) is 7.41. The number of carbonyl (C=O) groups excluding carboxylic acids is 2. The highest BCUT2D eigenvalue weighted by Crippen LogP contribution is 2.32. The fourth-order valence-corrected chi connectivity index (χ4v) is 2.66. The highest BCUT2D eigenvalue weighted by molar-refractivity contribution is 5.87. The number of carbonyl (C=O) groups is 2. The summed E-state index contributed by atoms with van der Waals surface area (Å²) < 4.78 is 0. The number of nitrogens with zero attached hydrogens (tertiary/aromatic N) is 1. The van der Waals surface area contributed by atoms with Gasteiger partial charge in [-0.05, 0) is 44.9 Å². The van der Waals surface area contributed by atoms with Gasteiger partial charge in [-0.2, -0.15) is 0 Å². The zero-order chi connectivity index (χ0) is 13.8. The number of piperidine rings is 1. The fraction of sp³-hybridized carbons (Fsp3) is 0.857. The summed E-state index contributed by atoms with van der Waals surface area (Å²) in [5.74, 6) is 0.448. The summed E-state index contributed by atoms with van der Waals surface area (Å²) in [7, 11) is 0. The molecule has 0 aromatic heterocycles. The van der Waals surface area contributed by atoms with E-state index in [0.717, 1.165) is 38.8 Å². The van der Waals surface area contributed by atoms with Crippen LogP contribution in [-0.2, 0) is 9.59 Å². The molecule has 1 aliphatic heterocycles. The molecule has 2 unspecified atom stereocenters. The maximum absolute atomic E-state index is 12.1. The van der Waals surface area contributed by atoms with Gasteiger partial charge >= 0.3 is 0 Å². The highest BCUT2D eigenvalue weighted by atomic mass is 16.2. The van der Waals surface area contributed by atoms with Gasteiger partial charge in [0.1, 0.15) is 6.04 Å². The molecule has 0 aromatic rings. The van der Waals surface area contributed by atoms with E-state index < -0.39 is 6.04 Å². The van der Waals surface area contributed by atoms with Crippen molar-refractivity contribution in [1.29, 1.82) is 0 Å². The van der Waals surface area contributed by atoms with Gasteiger partial charge in [0.15, 0.2) is 0 Å². The van der Waals surface area contributed by atoms with E-state index in [1.54, 1.807) is 6.92 Å². The molecule has 0 aromatic carbocycles. The van der Waals surface area contributed by atoms with Crippen LogP contribution in [-0.4, -0.2) is 41.9 Å². The molecule has 2 amide bonds. The number of likely N-dealkylation sites (tertiary alicyclic amines) is 1. The number of hydrogen-bond acceptors (Lipinski definition) is 3. The van der Waals surface area contributed by atoms with Crippen LogP contribution in [0.15, 0.2) is 0 Å². The maximum atomic E-state index is 12.1. The quantitative estimate of drug-likeness (QED) is 0.767. The third-order valence-corrected chi connectivity index (χ3v) is 4.06. The Labute approximate surface area is 114 Å². The molecule has 0 bridgehead atoms. The summed E-state index contributed by atoms with van der Waals surface area (Å²) in [5.41, 5.74) is 5.92. The Bertz CT molecular complexity index is 336. The van der Waals surface area contributed by atoms with Crippen LogP contribution >= 0.6 is 0 Å². The molecule has 0 spiro atoms. The molecule has 2 rings (SSSR count). The molecular weight excluding hydrogens is 242 g/mol. The highest BCUT2D eigenvalue weighted by Gasteiger charge is 2.30.